The molecule has 1 heterocycles. The molecule has 212 valence electrons. The van der Waals surface area contributed by atoms with Crippen LogP contribution in [0.2, 0.25) is 15.1 Å². The molecule has 1 saturated heterocycles. The number of benzene rings is 3. The first-order valence-electron chi connectivity index (χ1n) is 12.9. The summed E-state index contributed by atoms with van der Waals surface area (Å²) in [5.74, 6) is -0.533. The highest BCUT2D eigenvalue weighted by Gasteiger charge is 2.49. The number of carbonyl (C=O) groups excluding carboxylic acids is 2. The third-order valence-electron chi connectivity index (χ3n) is 7.08. The summed E-state index contributed by atoms with van der Waals surface area (Å²) in [4.78, 5) is 28.8. The van der Waals surface area contributed by atoms with Gasteiger partial charge in [0.1, 0.15) is 6.04 Å². The first kappa shape index (κ1) is 30.5. The van der Waals surface area contributed by atoms with E-state index in [2.05, 4.69) is 10.6 Å². The molecule has 3 aromatic rings. The number of nitrogens with one attached hydrogen (secondary N) is 2. The van der Waals surface area contributed by atoms with E-state index in [1.165, 1.54) is 22.7 Å². The fourth-order valence-electron chi connectivity index (χ4n) is 4.78. The standard InChI is InChI=1S/C30H32Cl3N3O3S/c1-18-9-7-8-12-20(18)16-34-28(38)27-30(2,3)40-17-36(27)29(39)26(37)25(13-19-10-5-4-6-11-19)35-24-15-22(32)21(31)14-23(24)33/h4-12,14-15,25-27,35,37H,13,16-17H2,1-3H3,(H,34,38)/t25-,26-,27+/m0/s1. The predicted molar refractivity (Wildman–Crippen MR) is 165 cm³/mol. The molecule has 3 aromatic carbocycles. The fraction of sp³-hybridized carbons (Fsp3) is 0.333. The van der Waals surface area contributed by atoms with Gasteiger partial charge in [0.2, 0.25) is 5.91 Å². The van der Waals surface area contributed by atoms with Crippen LogP contribution in [0.25, 0.3) is 0 Å². The zero-order valence-electron chi connectivity index (χ0n) is 22.5. The number of hydrogen-bond acceptors (Lipinski definition) is 5. The minimum atomic E-state index is -1.48. The third-order valence-corrected chi connectivity index (χ3v) is 9.48. The molecule has 6 nitrogen and oxygen atoms in total. The van der Waals surface area contributed by atoms with Gasteiger partial charge in [0.15, 0.2) is 6.10 Å². The van der Waals surface area contributed by atoms with Crippen molar-refractivity contribution < 1.29 is 14.7 Å². The minimum absolute atomic E-state index is 0.265. The Morgan fingerprint density at radius 1 is 1.02 bits per heavy atom. The fourth-order valence-corrected chi connectivity index (χ4v) is 6.53. The number of halogens is 3. The van der Waals surface area contributed by atoms with Crippen LogP contribution in [0, 0.1) is 6.92 Å². The number of anilines is 1. The molecule has 1 aliphatic heterocycles. The van der Waals surface area contributed by atoms with Crippen LogP contribution >= 0.6 is 46.6 Å². The average molecular weight is 621 g/mol. The van der Waals surface area contributed by atoms with E-state index in [1.807, 2.05) is 75.4 Å². The van der Waals surface area contributed by atoms with Gasteiger partial charge < -0.3 is 20.6 Å². The van der Waals surface area contributed by atoms with Gasteiger partial charge in [0, 0.05) is 11.3 Å². The van der Waals surface area contributed by atoms with Crippen LogP contribution in [-0.2, 0) is 22.6 Å². The molecule has 0 saturated carbocycles. The summed E-state index contributed by atoms with van der Waals surface area (Å²) in [6.07, 6.45) is -1.16. The molecule has 10 heteroatoms. The van der Waals surface area contributed by atoms with Crippen LogP contribution < -0.4 is 10.6 Å². The summed E-state index contributed by atoms with van der Waals surface area (Å²) < 4.78 is -0.555. The van der Waals surface area contributed by atoms with Crippen LogP contribution in [0.5, 0.6) is 0 Å². The van der Waals surface area contributed by atoms with E-state index < -0.39 is 28.8 Å². The highest BCUT2D eigenvalue weighted by molar-refractivity contribution is 8.00. The van der Waals surface area contributed by atoms with E-state index in [-0.39, 0.29) is 16.8 Å². The Hall–Kier alpha value is -2.42. The summed E-state index contributed by atoms with van der Waals surface area (Å²) >= 11 is 20.3. The molecule has 0 spiro atoms. The largest absolute Gasteiger partial charge is 0.381 e. The normalized spacial score (nSPS) is 17.8. The van der Waals surface area contributed by atoms with Gasteiger partial charge in [-0.15, -0.1) is 11.8 Å². The Morgan fingerprint density at radius 3 is 2.38 bits per heavy atom. The lowest BCUT2D eigenvalue weighted by Crippen LogP contribution is -2.57. The summed E-state index contributed by atoms with van der Waals surface area (Å²) in [6.45, 7) is 6.21. The van der Waals surface area contributed by atoms with Gasteiger partial charge in [0.05, 0.1) is 32.7 Å². The average Bonchev–Trinajstić information content (AvgIpc) is 3.25. The van der Waals surface area contributed by atoms with Crippen molar-refractivity contribution in [3.8, 4) is 0 Å². The molecule has 2 amide bonds. The Labute approximate surface area is 254 Å². The number of rotatable bonds is 9. The Kier molecular flexibility index (Phi) is 9.96. The number of aliphatic hydroxyl groups excluding tert-OH is 1. The van der Waals surface area contributed by atoms with E-state index in [0.717, 1.165) is 16.7 Å². The van der Waals surface area contributed by atoms with Crippen LogP contribution in [0.15, 0.2) is 66.7 Å². The van der Waals surface area contributed by atoms with Crippen molar-refractivity contribution in [1.82, 2.24) is 10.2 Å². The number of aryl methyl sites for hydroxylation is 1. The lowest BCUT2D eigenvalue weighted by molar-refractivity contribution is -0.146. The minimum Gasteiger partial charge on any atom is -0.381 e. The van der Waals surface area contributed by atoms with Gasteiger partial charge in [-0.2, -0.15) is 0 Å². The molecule has 4 rings (SSSR count). The first-order chi connectivity index (χ1) is 19.0. The molecule has 1 aliphatic rings. The molecular weight excluding hydrogens is 589 g/mol. The number of carbonyl (C=O) groups is 2. The smallest absolute Gasteiger partial charge is 0.254 e. The maximum absolute atomic E-state index is 13.9. The van der Waals surface area contributed by atoms with Crippen molar-refractivity contribution >= 4 is 64.1 Å². The zero-order chi connectivity index (χ0) is 29.0. The number of amides is 2. The number of thioether (sulfide) groups is 1. The second-order valence-corrected chi connectivity index (χ2v) is 13.2. The lowest BCUT2D eigenvalue weighted by Gasteiger charge is -2.33. The molecular formula is C30H32Cl3N3O3S. The highest BCUT2D eigenvalue weighted by Crippen LogP contribution is 2.40. The maximum Gasteiger partial charge on any atom is 0.254 e. The molecule has 40 heavy (non-hydrogen) atoms. The number of nitrogens with zero attached hydrogens (tertiary/aromatic N) is 1. The molecule has 0 radical (unpaired) electrons. The van der Waals surface area contributed by atoms with Crippen molar-refractivity contribution in [2.45, 2.75) is 56.7 Å². The molecule has 0 aromatic heterocycles. The van der Waals surface area contributed by atoms with Crippen molar-refractivity contribution in [3.05, 3.63) is 98.5 Å². The van der Waals surface area contributed by atoms with E-state index in [9.17, 15) is 14.7 Å². The molecule has 0 unspecified atom stereocenters. The van der Waals surface area contributed by atoms with Crippen molar-refractivity contribution in [3.63, 3.8) is 0 Å². The van der Waals surface area contributed by atoms with E-state index in [1.54, 1.807) is 6.07 Å². The quantitative estimate of drug-likeness (QED) is 0.244. The SMILES string of the molecule is Cc1ccccc1CNC(=O)[C@H]1N(C(=O)[C@@H](O)[C@H](Cc2ccccc2)Nc2cc(Cl)c(Cl)cc2Cl)CSC1(C)C. The van der Waals surface area contributed by atoms with Gasteiger partial charge in [-0.05, 0) is 56.0 Å². The topological polar surface area (TPSA) is 81.7 Å². The van der Waals surface area contributed by atoms with Crippen LogP contribution in [0.1, 0.15) is 30.5 Å². The first-order valence-corrected chi connectivity index (χ1v) is 15.0. The summed E-state index contributed by atoms with van der Waals surface area (Å²) in [5.41, 5.74) is 3.42. The molecule has 1 fully saturated rings. The summed E-state index contributed by atoms with van der Waals surface area (Å²) in [6, 6.07) is 18.9. The predicted octanol–water partition coefficient (Wildman–Crippen LogP) is 6.34. The van der Waals surface area contributed by atoms with Crippen molar-refractivity contribution in [2.75, 3.05) is 11.2 Å². The highest BCUT2D eigenvalue weighted by atomic mass is 35.5. The van der Waals surface area contributed by atoms with Crippen LogP contribution in [0.4, 0.5) is 5.69 Å². The maximum atomic E-state index is 13.9. The van der Waals surface area contributed by atoms with Crippen LogP contribution in [-0.4, -0.2) is 50.6 Å². The molecule has 3 N–H and O–H groups in total. The Morgan fingerprint density at radius 2 is 1.68 bits per heavy atom. The number of aliphatic hydroxyl groups is 1. The Bertz CT molecular complexity index is 1370. The molecule has 0 aliphatic carbocycles. The van der Waals surface area contributed by atoms with Crippen molar-refractivity contribution in [1.29, 1.82) is 0 Å². The lowest BCUT2D eigenvalue weighted by atomic mass is 9.97. The monoisotopic (exact) mass is 619 g/mol. The van der Waals surface area contributed by atoms with Gasteiger partial charge in [-0.25, -0.2) is 0 Å². The van der Waals surface area contributed by atoms with Gasteiger partial charge in [0.25, 0.3) is 5.91 Å². The van der Waals surface area contributed by atoms with Gasteiger partial charge in [-0.3, -0.25) is 9.59 Å². The second-order valence-electron chi connectivity index (χ2n) is 10.4. The summed E-state index contributed by atoms with van der Waals surface area (Å²) in [7, 11) is 0. The van der Waals surface area contributed by atoms with Crippen molar-refractivity contribution in [2.24, 2.45) is 0 Å². The van der Waals surface area contributed by atoms with Crippen LogP contribution in [0.3, 0.4) is 0 Å². The van der Waals surface area contributed by atoms with Gasteiger partial charge in [-0.1, -0.05) is 89.4 Å². The second kappa shape index (κ2) is 13.0. The van der Waals surface area contributed by atoms with E-state index >= 15 is 0 Å². The molecule has 0 bridgehead atoms. The molecule has 3 atom stereocenters. The zero-order valence-corrected chi connectivity index (χ0v) is 25.5. The summed E-state index contributed by atoms with van der Waals surface area (Å²) in [5, 5.41) is 18.6. The van der Waals surface area contributed by atoms with Gasteiger partial charge >= 0.3 is 0 Å². The van der Waals surface area contributed by atoms with E-state index in [0.29, 0.717) is 28.7 Å². The van der Waals surface area contributed by atoms with E-state index in [4.69, 9.17) is 34.8 Å². The Balaban J connectivity index is 1.57. The number of hydrogen-bond donors (Lipinski definition) is 3. The third kappa shape index (κ3) is 7.07.